The van der Waals surface area contributed by atoms with E-state index in [4.69, 9.17) is 9.84 Å². The average Bonchev–Trinajstić information content (AvgIpc) is 2.32. The van der Waals surface area contributed by atoms with Crippen LogP contribution in [0.4, 0.5) is 0 Å². The van der Waals surface area contributed by atoms with Crippen molar-refractivity contribution in [2.75, 3.05) is 6.61 Å². The lowest BCUT2D eigenvalue weighted by atomic mass is 9.78. The number of Topliss-reactive ketones (excluding diaryl/α,β-unsaturated/α-hetero) is 1. The van der Waals surface area contributed by atoms with Crippen LogP contribution in [0.5, 0.6) is 0 Å². The Morgan fingerprint density at radius 2 is 1.89 bits per heavy atom. The van der Waals surface area contributed by atoms with Crippen molar-refractivity contribution in [1.29, 1.82) is 0 Å². The molecule has 6 nitrogen and oxygen atoms in total. The highest BCUT2D eigenvalue weighted by atomic mass is 16.6. The van der Waals surface area contributed by atoms with Crippen LogP contribution in [0.2, 0.25) is 0 Å². The highest BCUT2D eigenvalue weighted by molar-refractivity contribution is 5.75. The van der Waals surface area contributed by atoms with Gasteiger partial charge < -0.3 is 30.0 Å². The van der Waals surface area contributed by atoms with Crippen LogP contribution in [0.3, 0.4) is 0 Å². The minimum Gasteiger partial charge on any atom is -0.394 e. The third-order valence-electron chi connectivity index (χ3n) is 3.57. The molecule has 1 heterocycles. The van der Waals surface area contributed by atoms with Crippen LogP contribution < -0.4 is 0 Å². The summed E-state index contributed by atoms with van der Waals surface area (Å²) in [5, 5.41) is 38.6. The topological polar surface area (TPSA) is 107 Å². The zero-order valence-electron chi connectivity index (χ0n) is 10.7. The number of aliphatic hydroxyl groups is 4. The van der Waals surface area contributed by atoms with Gasteiger partial charge in [-0.25, -0.2) is 0 Å². The van der Waals surface area contributed by atoms with Crippen LogP contribution in [0, 0.1) is 11.8 Å². The molecule has 0 aromatic heterocycles. The molecule has 4 N–H and O–H groups in total. The fraction of sp³-hybridized carbons (Fsp3) is 0.917. The first-order valence-corrected chi connectivity index (χ1v) is 6.22. The second-order valence-electron chi connectivity index (χ2n) is 4.88. The summed E-state index contributed by atoms with van der Waals surface area (Å²) in [6, 6.07) is 0. The van der Waals surface area contributed by atoms with Gasteiger partial charge in [-0.1, -0.05) is 13.3 Å². The van der Waals surface area contributed by atoms with E-state index >= 15 is 0 Å². The van der Waals surface area contributed by atoms with Crippen LogP contribution in [0.25, 0.3) is 0 Å². The second-order valence-corrected chi connectivity index (χ2v) is 4.88. The largest absolute Gasteiger partial charge is 0.394 e. The van der Waals surface area contributed by atoms with Crippen molar-refractivity contribution in [1.82, 2.24) is 0 Å². The summed E-state index contributed by atoms with van der Waals surface area (Å²) in [5.41, 5.74) is 0. The molecule has 0 aromatic carbocycles. The summed E-state index contributed by atoms with van der Waals surface area (Å²) in [6.45, 7) is 2.81. The Morgan fingerprint density at radius 3 is 2.33 bits per heavy atom. The van der Waals surface area contributed by atoms with Gasteiger partial charge in [0.2, 0.25) is 0 Å². The zero-order chi connectivity index (χ0) is 13.9. The standard InChI is InChI=1S/C12H22O6/c1-3-7(4-6(2)14)9-11(16)10(15)8(5-13)18-12(9)17/h7-13,15-17H,3-5H2,1-2H3. The SMILES string of the molecule is CCC(CC(C)=O)C1C(O)OC(CO)C(O)C1O. The molecule has 0 saturated carbocycles. The average molecular weight is 262 g/mol. The maximum atomic E-state index is 11.2. The Hall–Kier alpha value is -0.530. The molecule has 0 aromatic rings. The van der Waals surface area contributed by atoms with Crippen molar-refractivity contribution in [3.05, 3.63) is 0 Å². The maximum Gasteiger partial charge on any atom is 0.160 e. The Kier molecular flexibility index (Phi) is 5.68. The molecule has 1 saturated heterocycles. The third kappa shape index (κ3) is 3.27. The first-order chi connectivity index (χ1) is 8.42. The van der Waals surface area contributed by atoms with Gasteiger partial charge in [-0.3, -0.25) is 0 Å². The summed E-state index contributed by atoms with van der Waals surface area (Å²) in [5.74, 6) is -1.03. The lowest BCUT2D eigenvalue weighted by Crippen LogP contribution is -2.57. The van der Waals surface area contributed by atoms with E-state index in [0.29, 0.717) is 6.42 Å². The Bertz CT molecular complexity index is 282. The van der Waals surface area contributed by atoms with Gasteiger partial charge in [-0.15, -0.1) is 0 Å². The quantitative estimate of drug-likeness (QED) is 0.508. The van der Waals surface area contributed by atoms with Gasteiger partial charge in [-0.05, 0) is 12.8 Å². The predicted molar refractivity (Wildman–Crippen MR) is 62.5 cm³/mol. The fourth-order valence-electron chi connectivity index (χ4n) is 2.55. The molecule has 6 atom stereocenters. The van der Waals surface area contributed by atoms with Crippen LogP contribution in [-0.4, -0.2) is 57.4 Å². The summed E-state index contributed by atoms with van der Waals surface area (Å²) in [7, 11) is 0. The highest BCUT2D eigenvalue weighted by Crippen LogP contribution is 2.34. The van der Waals surface area contributed by atoms with Crippen molar-refractivity contribution in [2.24, 2.45) is 11.8 Å². The number of ether oxygens (including phenoxy) is 1. The van der Waals surface area contributed by atoms with Gasteiger partial charge >= 0.3 is 0 Å². The number of carbonyl (C=O) groups is 1. The van der Waals surface area contributed by atoms with Crippen molar-refractivity contribution in [3.63, 3.8) is 0 Å². The molecule has 0 bridgehead atoms. The fourth-order valence-corrected chi connectivity index (χ4v) is 2.55. The minimum atomic E-state index is -1.29. The van der Waals surface area contributed by atoms with Gasteiger partial charge in [0.25, 0.3) is 0 Å². The molecule has 1 aliphatic heterocycles. The summed E-state index contributed by atoms with van der Waals surface area (Å²) in [4.78, 5) is 11.2. The van der Waals surface area contributed by atoms with Crippen molar-refractivity contribution in [3.8, 4) is 0 Å². The van der Waals surface area contributed by atoms with Crippen LogP contribution in [0.15, 0.2) is 0 Å². The summed E-state index contributed by atoms with van der Waals surface area (Å²) >= 11 is 0. The molecule has 6 heteroatoms. The van der Waals surface area contributed by atoms with E-state index < -0.39 is 37.1 Å². The van der Waals surface area contributed by atoms with E-state index in [0.717, 1.165) is 0 Å². The minimum absolute atomic E-state index is 0.0416. The number of carbonyl (C=O) groups excluding carboxylic acids is 1. The van der Waals surface area contributed by atoms with Gasteiger partial charge in [-0.2, -0.15) is 0 Å². The summed E-state index contributed by atoms with van der Waals surface area (Å²) in [6.07, 6.45) is -3.96. The van der Waals surface area contributed by atoms with Crippen LogP contribution in [0.1, 0.15) is 26.7 Å². The second kappa shape index (κ2) is 6.58. The Morgan fingerprint density at radius 1 is 1.28 bits per heavy atom. The van der Waals surface area contributed by atoms with Crippen LogP contribution in [-0.2, 0) is 9.53 Å². The van der Waals surface area contributed by atoms with Gasteiger partial charge in [0.1, 0.15) is 18.0 Å². The number of rotatable bonds is 5. The third-order valence-corrected chi connectivity index (χ3v) is 3.57. The lowest BCUT2D eigenvalue weighted by molar-refractivity contribution is -0.279. The normalized spacial score (nSPS) is 38.4. The Labute approximate surface area is 106 Å². The molecule has 6 unspecified atom stereocenters. The van der Waals surface area contributed by atoms with E-state index in [1.165, 1.54) is 6.92 Å². The molecule has 1 aliphatic rings. The van der Waals surface area contributed by atoms with Gasteiger partial charge in [0.15, 0.2) is 6.29 Å². The van der Waals surface area contributed by atoms with Gasteiger partial charge in [0.05, 0.1) is 12.7 Å². The van der Waals surface area contributed by atoms with Crippen molar-refractivity contribution in [2.45, 2.75) is 51.3 Å². The van der Waals surface area contributed by atoms with E-state index in [2.05, 4.69) is 0 Å². The molecule has 0 radical (unpaired) electrons. The molecule has 0 spiro atoms. The number of hydrogen-bond acceptors (Lipinski definition) is 6. The number of ketones is 1. The van der Waals surface area contributed by atoms with Crippen molar-refractivity contribution < 1.29 is 30.0 Å². The number of aliphatic hydroxyl groups excluding tert-OH is 4. The molecule has 1 fully saturated rings. The van der Waals surface area contributed by atoms with E-state index in [9.17, 15) is 20.1 Å². The molecule has 0 amide bonds. The first kappa shape index (κ1) is 15.5. The monoisotopic (exact) mass is 262 g/mol. The maximum absolute atomic E-state index is 11.2. The van der Waals surface area contributed by atoms with E-state index in [1.807, 2.05) is 6.92 Å². The first-order valence-electron chi connectivity index (χ1n) is 6.22. The molecule has 106 valence electrons. The molecule has 18 heavy (non-hydrogen) atoms. The zero-order valence-corrected chi connectivity index (χ0v) is 10.7. The predicted octanol–water partition coefficient (Wildman–Crippen LogP) is -0.961. The van der Waals surface area contributed by atoms with Crippen LogP contribution >= 0.6 is 0 Å². The molecule has 0 aliphatic carbocycles. The Balaban J connectivity index is 2.82. The number of hydrogen-bond donors (Lipinski definition) is 4. The highest BCUT2D eigenvalue weighted by Gasteiger charge is 2.46. The van der Waals surface area contributed by atoms with E-state index in [1.54, 1.807) is 0 Å². The molecular weight excluding hydrogens is 240 g/mol. The smallest absolute Gasteiger partial charge is 0.160 e. The lowest BCUT2D eigenvalue weighted by Gasteiger charge is -2.43. The van der Waals surface area contributed by atoms with Crippen molar-refractivity contribution >= 4 is 5.78 Å². The molecular formula is C12H22O6. The molecule has 1 rings (SSSR count). The van der Waals surface area contributed by atoms with Gasteiger partial charge in [0, 0.05) is 12.3 Å². The summed E-state index contributed by atoms with van der Waals surface area (Å²) < 4.78 is 5.08. The van der Waals surface area contributed by atoms with E-state index in [-0.39, 0.29) is 18.1 Å².